The van der Waals surface area contributed by atoms with E-state index >= 15 is 0 Å². The van der Waals surface area contributed by atoms with Crippen LogP contribution in [0.1, 0.15) is 54.6 Å². The summed E-state index contributed by atoms with van der Waals surface area (Å²) in [4.78, 5) is 16.0. The van der Waals surface area contributed by atoms with Crippen LogP contribution in [-0.2, 0) is 0 Å². The summed E-state index contributed by atoms with van der Waals surface area (Å²) in [5.74, 6) is 1.12. The molecule has 3 nitrogen and oxygen atoms in total. The van der Waals surface area contributed by atoms with E-state index in [2.05, 4.69) is 214 Å². The van der Waals surface area contributed by atoms with Crippen LogP contribution in [0.3, 0.4) is 0 Å². The van der Waals surface area contributed by atoms with Gasteiger partial charge in [0.05, 0.1) is 17.4 Å². The van der Waals surface area contributed by atoms with Crippen molar-refractivity contribution < 1.29 is 0 Å². The highest BCUT2D eigenvalue weighted by molar-refractivity contribution is 8.07. The van der Waals surface area contributed by atoms with E-state index in [1.165, 1.54) is 65.2 Å². The van der Waals surface area contributed by atoms with Crippen LogP contribution in [0.25, 0.3) is 55.7 Å². The van der Waals surface area contributed by atoms with Crippen molar-refractivity contribution in [1.82, 2.24) is 9.97 Å². The van der Waals surface area contributed by atoms with Crippen LogP contribution < -0.4 is 4.90 Å². The average Bonchev–Trinajstić information content (AvgIpc) is 3.61. The van der Waals surface area contributed by atoms with Crippen LogP contribution in [0.15, 0.2) is 198 Å². The van der Waals surface area contributed by atoms with Gasteiger partial charge in [-0.25, -0.2) is 9.97 Å². The summed E-state index contributed by atoms with van der Waals surface area (Å²) in [6.07, 6.45) is 14.9. The lowest BCUT2D eigenvalue weighted by atomic mass is 9.71. The number of anilines is 1. The lowest BCUT2D eigenvalue weighted by Gasteiger charge is -2.40. The first-order valence-electron chi connectivity index (χ1n) is 21.1. The monoisotopic (exact) mass is 791 g/mol. The second-order valence-electron chi connectivity index (χ2n) is 16.9. The maximum absolute atomic E-state index is 5.36. The third kappa shape index (κ3) is 6.21. The Hall–Kier alpha value is -6.49. The molecule has 4 aliphatic rings. The highest BCUT2D eigenvalue weighted by atomic mass is 32.2. The molecule has 4 heteroatoms. The Kier molecular flexibility index (Phi) is 8.93. The van der Waals surface area contributed by atoms with Gasteiger partial charge in [0.1, 0.15) is 0 Å². The fourth-order valence-electron chi connectivity index (χ4n) is 9.80. The van der Waals surface area contributed by atoms with Crippen LogP contribution in [-0.4, -0.2) is 17.0 Å². The largest absolute Gasteiger partial charge is 0.362 e. The number of nitrogens with zero attached hydrogens (tertiary/aromatic N) is 3. The maximum Gasteiger partial charge on any atom is 0.160 e. The highest BCUT2D eigenvalue weighted by Gasteiger charge is 2.48. The number of allylic oxidation sites excluding steroid dienone is 9. The molecule has 7 aromatic rings. The van der Waals surface area contributed by atoms with Crippen molar-refractivity contribution in [1.29, 1.82) is 0 Å². The first kappa shape index (κ1) is 36.6. The van der Waals surface area contributed by atoms with Gasteiger partial charge in [-0.1, -0.05) is 196 Å². The average molecular weight is 792 g/mol. The second-order valence-corrected chi connectivity index (χ2v) is 17.9. The van der Waals surface area contributed by atoms with E-state index in [1.54, 1.807) is 0 Å². The van der Waals surface area contributed by atoms with E-state index in [4.69, 9.17) is 9.97 Å². The molecule has 6 aromatic carbocycles. The van der Waals surface area contributed by atoms with Gasteiger partial charge in [-0.2, -0.15) is 0 Å². The molecule has 3 heterocycles. The quantitative estimate of drug-likeness (QED) is 0.168. The number of aromatic nitrogens is 2. The standard InChI is InChI=1S/C56H45N3S/c1-36-32-45(38-16-8-5-9-17-38)29-30-46(36)49-35-48(40-23-21-39(22-24-40)37-14-6-4-7-15-37)57-55(58-49)42-27-25-41(26-28-42)53-54-52(56(2)31-13-12-20-51(56)60-54)47-33-43-18-10-11-19-44(43)34-50(47)59(53)3/h4-30,32-36,46,53H,31H2,1-3H3. The molecule has 0 fully saturated rings. The molecule has 4 unspecified atom stereocenters. The fraction of sp³-hybridized carbons (Fsp3) is 0.143. The van der Waals surface area contributed by atoms with Crippen LogP contribution in [0.5, 0.6) is 0 Å². The zero-order chi connectivity index (χ0) is 40.4. The molecule has 60 heavy (non-hydrogen) atoms. The lowest BCUT2D eigenvalue weighted by Crippen LogP contribution is -2.31. The van der Waals surface area contributed by atoms with E-state index in [0.29, 0.717) is 0 Å². The smallest absolute Gasteiger partial charge is 0.160 e. The fourth-order valence-corrected chi connectivity index (χ4v) is 11.4. The minimum absolute atomic E-state index is 0.0445. The van der Waals surface area contributed by atoms with Gasteiger partial charge in [-0.15, -0.1) is 0 Å². The third-order valence-corrected chi connectivity index (χ3v) is 14.5. The Morgan fingerprint density at radius 2 is 1.33 bits per heavy atom. The van der Waals surface area contributed by atoms with Crippen molar-refractivity contribution in [2.24, 2.45) is 11.3 Å². The van der Waals surface area contributed by atoms with Gasteiger partial charge in [0.15, 0.2) is 5.82 Å². The van der Waals surface area contributed by atoms with Gasteiger partial charge in [0.2, 0.25) is 0 Å². The van der Waals surface area contributed by atoms with Crippen molar-refractivity contribution in [3.05, 3.63) is 220 Å². The molecule has 0 N–H and O–H groups in total. The van der Waals surface area contributed by atoms with Crippen molar-refractivity contribution in [3.63, 3.8) is 0 Å². The molecule has 0 saturated heterocycles. The van der Waals surface area contributed by atoms with Crippen LogP contribution >= 0.6 is 11.8 Å². The lowest BCUT2D eigenvalue weighted by molar-refractivity contribution is 0.567. The van der Waals surface area contributed by atoms with Crippen LogP contribution in [0.4, 0.5) is 5.69 Å². The predicted molar refractivity (Wildman–Crippen MR) is 253 cm³/mol. The number of fused-ring (bicyclic) bond motifs is 5. The maximum atomic E-state index is 5.36. The number of hydrogen-bond donors (Lipinski definition) is 0. The van der Waals surface area contributed by atoms with Gasteiger partial charge in [-0.3, -0.25) is 0 Å². The number of rotatable bonds is 6. The molecule has 1 aromatic heterocycles. The van der Waals surface area contributed by atoms with Crippen LogP contribution in [0, 0.1) is 11.3 Å². The second kappa shape index (κ2) is 14.7. The molecule has 0 radical (unpaired) electrons. The molecular weight excluding hydrogens is 747 g/mol. The number of benzene rings is 6. The molecule has 4 atom stereocenters. The molecule has 11 rings (SSSR count). The number of hydrogen-bond acceptors (Lipinski definition) is 4. The molecule has 2 aliphatic heterocycles. The Balaban J connectivity index is 0.989. The van der Waals surface area contributed by atoms with Crippen molar-refractivity contribution >= 4 is 39.4 Å². The molecule has 0 amide bonds. The summed E-state index contributed by atoms with van der Waals surface area (Å²) in [6.45, 7) is 4.75. The molecule has 290 valence electrons. The molecule has 2 aliphatic carbocycles. The minimum Gasteiger partial charge on any atom is -0.362 e. The first-order valence-corrected chi connectivity index (χ1v) is 21.9. The van der Waals surface area contributed by atoms with E-state index in [-0.39, 0.29) is 23.3 Å². The number of thioether (sulfide) groups is 1. The third-order valence-electron chi connectivity index (χ3n) is 13.1. The van der Waals surface area contributed by atoms with Gasteiger partial charge in [-0.05, 0) is 74.7 Å². The van der Waals surface area contributed by atoms with Gasteiger partial charge >= 0.3 is 0 Å². The molecule has 0 bridgehead atoms. The van der Waals surface area contributed by atoms with Crippen LogP contribution in [0.2, 0.25) is 0 Å². The molecule has 0 spiro atoms. The first-order chi connectivity index (χ1) is 29.4. The topological polar surface area (TPSA) is 29.0 Å². The normalized spacial score (nSPS) is 21.6. The van der Waals surface area contributed by atoms with Gasteiger partial charge in [0, 0.05) is 50.6 Å². The Bertz CT molecular complexity index is 2960. The molecule has 0 saturated carbocycles. The predicted octanol–water partition coefficient (Wildman–Crippen LogP) is 14.5. The van der Waals surface area contributed by atoms with E-state index in [0.717, 1.165) is 34.8 Å². The summed E-state index contributed by atoms with van der Waals surface area (Å²) < 4.78 is 0. The zero-order valence-electron chi connectivity index (χ0n) is 34.1. The summed E-state index contributed by atoms with van der Waals surface area (Å²) in [7, 11) is 2.27. The van der Waals surface area contributed by atoms with E-state index in [9.17, 15) is 0 Å². The van der Waals surface area contributed by atoms with Gasteiger partial charge < -0.3 is 4.90 Å². The van der Waals surface area contributed by atoms with Crippen molar-refractivity contribution in [3.8, 4) is 33.8 Å². The van der Waals surface area contributed by atoms with E-state index in [1.807, 2.05) is 11.8 Å². The summed E-state index contributed by atoms with van der Waals surface area (Å²) in [5.41, 5.74) is 14.3. The highest BCUT2D eigenvalue weighted by Crippen LogP contribution is 2.67. The minimum atomic E-state index is -0.0445. The summed E-state index contributed by atoms with van der Waals surface area (Å²) in [5, 5.41) is 2.56. The molecular formula is C56H45N3S. The zero-order valence-corrected chi connectivity index (χ0v) is 34.9. The SMILES string of the molecule is CC1C=C(c2ccccc2)C=CC1c1cc(-c2ccc(-c3ccccc3)cc2)nc(-c2ccc(C3C4=C(c5cc6ccccc6cc5N3C)C3(C)CC=CC=C3S4)cc2)n1. The Morgan fingerprint density at radius 3 is 2.07 bits per heavy atom. The van der Waals surface area contributed by atoms with Crippen molar-refractivity contribution in [2.75, 3.05) is 11.9 Å². The summed E-state index contributed by atoms with van der Waals surface area (Å²) >= 11 is 1.98. The Labute approximate surface area is 357 Å². The van der Waals surface area contributed by atoms with Gasteiger partial charge in [0.25, 0.3) is 0 Å². The van der Waals surface area contributed by atoms with Crippen molar-refractivity contribution in [2.45, 2.75) is 32.2 Å². The number of likely N-dealkylation sites (N-methyl/N-ethyl adjacent to an activating group) is 1. The Morgan fingerprint density at radius 1 is 0.683 bits per heavy atom. The summed E-state index contributed by atoms with van der Waals surface area (Å²) in [6, 6.07) is 55.0. The van der Waals surface area contributed by atoms with E-state index < -0.39 is 0 Å².